The Morgan fingerprint density at radius 3 is 2.35 bits per heavy atom. The SMILES string of the molecule is Cc1cc(Br)ccc1NC(=O)c1ccc(Cl)c(S(=O)(=O)NC(C)(C)C)c1. The fourth-order valence-electron chi connectivity index (χ4n) is 2.27. The maximum Gasteiger partial charge on any atom is 0.255 e. The van der Waals surface area contributed by atoms with Gasteiger partial charge < -0.3 is 5.32 Å². The first-order valence-electron chi connectivity index (χ1n) is 7.80. The number of amides is 1. The minimum absolute atomic E-state index is 0.0538. The van der Waals surface area contributed by atoms with Gasteiger partial charge in [-0.15, -0.1) is 0 Å². The predicted octanol–water partition coefficient (Wildman–Crippen LogP) is 4.74. The van der Waals surface area contributed by atoms with Gasteiger partial charge in [-0.2, -0.15) is 0 Å². The molecule has 140 valence electrons. The van der Waals surface area contributed by atoms with Gasteiger partial charge in [0.15, 0.2) is 0 Å². The van der Waals surface area contributed by atoms with Gasteiger partial charge in [0.05, 0.1) is 5.02 Å². The lowest BCUT2D eigenvalue weighted by Gasteiger charge is -2.21. The number of sulfonamides is 1. The Hall–Kier alpha value is -1.41. The lowest BCUT2D eigenvalue weighted by molar-refractivity contribution is 0.102. The van der Waals surface area contributed by atoms with Crippen molar-refractivity contribution in [2.24, 2.45) is 0 Å². The Bertz CT molecular complexity index is 953. The number of benzene rings is 2. The Morgan fingerprint density at radius 2 is 1.77 bits per heavy atom. The average Bonchev–Trinajstić information content (AvgIpc) is 2.47. The van der Waals surface area contributed by atoms with Crippen LogP contribution in [0.15, 0.2) is 45.8 Å². The molecule has 2 aromatic carbocycles. The van der Waals surface area contributed by atoms with Gasteiger partial charge in [0.1, 0.15) is 4.90 Å². The first kappa shape index (κ1) is 20.9. The van der Waals surface area contributed by atoms with Crippen LogP contribution in [0.4, 0.5) is 5.69 Å². The molecule has 0 saturated heterocycles. The van der Waals surface area contributed by atoms with Crippen LogP contribution in [0.2, 0.25) is 5.02 Å². The van der Waals surface area contributed by atoms with Crippen LogP contribution in [0.5, 0.6) is 0 Å². The average molecular weight is 460 g/mol. The van der Waals surface area contributed by atoms with Gasteiger partial charge in [-0.1, -0.05) is 27.5 Å². The summed E-state index contributed by atoms with van der Waals surface area (Å²) in [7, 11) is -3.86. The third-order valence-corrected chi connectivity index (χ3v) is 6.09. The third-order valence-electron chi connectivity index (χ3n) is 3.36. The van der Waals surface area contributed by atoms with Crippen molar-refractivity contribution in [1.29, 1.82) is 0 Å². The summed E-state index contributed by atoms with van der Waals surface area (Å²) in [4.78, 5) is 12.4. The van der Waals surface area contributed by atoms with E-state index in [0.29, 0.717) is 5.69 Å². The number of anilines is 1. The second-order valence-corrected chi connectivity index (χ2v) is 9.89. The van der Waals surface area contributed by atoms with E-state index in [1.54, 1.807) is 26.8 Å². The Kier molecular flexibility index (Phi) is 6.17. The minimum atomic E-state index is -3.86. The molecule has 0 atom stereocenters. The van der Waals surface area contributed by atoms with Crippen molar-refractivity contribution in [3.63, 3.8) is 0 Å². The molecule has 2 aromatic rings. The monoisotopic (exact) mass is 458 g/mol. The van der Waals surface area contributed by atoms with Gasteiger partial charge in [-0.25, -0.2) is 13.1 Å². The number of hydrogen-bond acceptors (Lipinski definition) is 3. The highest BCUT2D eigenvalue weighted by Gasteiger charge is 2.25. The highest BCUT2D eigenvalue weighted by molar-refractivity contribution is 9.10. The van der Waals surface area contributed by atoms with Gasteiger partial charge >= 0.3 is 0 Å². The Morgan fingerprint density at radius 1 is 1.12 bits per heavy atom. The topological polar surface area (TPSA) is 75.3 Å². The number of carbonyl (C=O) groups is 1. The summed E-state index contributed by atoms with van der Waals surface area (Å²) in [6, 6.07) is 9.63. The van der Waals surface area contributed by atoms with Crippen molar-refractivity contribution in [3.05, 3.63) is 57.0 Å². The lowest BCUT2D eigenvalue weighted by atomic mass is 10.1. The van der Waals surface area contributed by atoms with E-state index in [0.717, 1.165) is 10.0 Å². The standard InChI is InChI=1S/C18H20BrClN2O3S/c1-11-9-13(19)6-8-15(11)21-17(23)12-5-7-14(20)16(10-12)26(24,25)22-18(2,3)4/h5-10,22H,1-4H3,(H,21,23). The van der Waals surface area contributed by atoms with Crippen LogP contribution >= 0.6 is 27.5 Å². The summed E-state index contributed by atoms with van der Waals surface area (Å²) in [6.07, 6.45) is 0. The molecule has 0 unspecified atom stereocenters. The summed E-state index contributed by atoms with van der Waals surface area (Å²) >= 11 is 9.43. The van der Waals surface area contributed by atoms with Crippen molar-refractivity contribution in [2.75, 3.05) is 5.32 Å². The van der Waals surface area contributed by atoms with Crippen LogP contribution in [0.1, 0.15) is 36.7 Å². The van der Waals surface area contributed by atoms with E-state index < -0.39 is 21.5 Å². The normalized spacial score (nSPS) is 12.1. The number of aryl methyl sites for hydroxylation is 1. The summed E-state index contributed by atoms with van der Waals surface area (Å²) < 4.78 is 28.6. The molecule has 0 bridgehead atoms. The number of halogens is 2. The predicted molar refractivity (Wildman–Crippen MR) is 108 cm³/mol. The van der Waals surface area contributed by atoms with E-state index in [1.807, 2.05) is 19.1 Å². The molecule has 2 N–H and O–H groups in total. The van der Waals surface area contributed by atoms with Crippen molar-refractivity contribution in [2.45, 2.75) is 38.1 Å². The molecule has 0 aromatic heterocycles. The number of hydrogen-bond donors (Lipinski definition) is 2. The molecule has 26 heavy (non-hydrogen) atoms. The van der Waals surface area contributed by atoms with Crippen LogP contribution < -0.4 is 10.0 Å². The zero-order chi connectivity index (χ0) is 19.7. The molecule has 0 fully saturated rings. The highest BCUT2D eigenvalue weighted by atomic mass is 79.9. The second kappa shape index (κ2) is 7.68. The van der Waals surface area contributed by atoms with E-state index in [2.05, 4.69) is 26.0 Å². The highest BCUT2D eigenvalue weighted by Crippen LogP contribution is 2.25. The molecular weight excluding hydrogens is 440 g/mol. The third kappa shape index (κ3) is 5.30. The van der Waals surface area contributed by atoms with E-state index >= 15 is 0 Å². The maximum atomic E-state index is 12.6. The lowest BCUT2D eigenvalue weighted by Crippen LogP contribution is -2.40. The van der Waals surface area contributed by atoms with Gasteiger partial charge in [-0.05, 0) is 69.7 Å². The fraction of sp³-hybridized carbons (Fsp3) is 0.278. The minimum Gasteiger partial charge on any atom is -0.322 e. The summed E-state index contributed by atoms with van der Waals surface area (Å²) in [5, 5.41) is 2.84. The molecule has 0 spiro atoms. The number of rotatable bonds is 4. The molecule has 5 nitrogen and oxygen atoms in total. The second-order valence-electron chi connectivity index (χ2n) is 6.91. The van der Waals surface area contributed by atoms with E-state index in [9.17, 15) is 13.2 Å². The quantitative estimate of drug-likeness (QED) is 0.693. The summed E-state index contributed by atoms with van der Waals surface area (Å²) in [6.45, 7) is 7.05. The van der Waals surface area contributed by atoms with Crippen LogP contribution in [-0.4, -0.2) is 19.9 Å². The van der Waals surface area contributed by atoms with Gasteiger partial charge in [0, 0.05) is 21.3 Å². The van der Waals surface area contributed by atoms with E-state index in [-0.39, 0.29) is 15.5 Å². The van der Waals surface area contributed by atoms with E-state index in [4.69, 9.17) is 11.6 Å². The molecule has 0 aliphatic rings. The summed E-state index contributed by atoms with van der Waals surface area (Å²) in [5.41, 5.74) is 1.05. The van der Waals surface area contributed by atoms with Crippen LogP contribution in [0.25, 0.3) is 0 Å². The molecule has 8 heteroatoms. The van der Waals surface area contributed by atoms with Gasteiger partial charge in [0.2, 0.25) is 10.0 Å². The van der Waals surface area contributed by atoms with Crippen LogP contribution in [0, 0.1) is 6.92 Å². The number of carbonyl (C=O) groups excluding carboxylic acids is 1. The smallest absolute Gasteiger partial charge is 0.255 e. The van der Waals surface area contributed by atoms with Crippen LogP contribution in [-0.2, 0) is 10.0 Å². The summed E-state index contributed by atoms with van der Waals surface area (Å²) in [5.74, 6) is -0.417. The van der Waals surface area contributed by atoms with Crippen molar-refractivity contribution in [1.82, 2.24) is 4.72 Å². The molecule has 2 rings (SSSR count). The van der Waals surface area contributed by atoms with Gasteiger partial charge in [0.25, 0.3) is 5.91 Å². The molecule has 0 aliphatic carbocycles. The first-order valence-corrected chi connectivity index (χ1v) is 10.5. The van der Waals surface area contributed by atoms with Crippen molar-refractivity contribution < 1.29 is 13.2 Å². The molecule has 0 saturated carbocycles. The zero-order valence-corrected chi connectivity index (χ0v) is 18.0. The number of nitrogens with one attached hydrogen (secondary N) is 2. The first-order chi connectivity index (χ1) is 11.9. The Labute approximate surface area is 167 Å². The molecule has 0 heterocycles. The van der Waals surface area contributed by atoms with Crippen molar-refractivity contribution >= 4 is 49.1 Å². The van der Waals surface area contributed by atoms with E-state index in [1.165, 1.54) is 18.2 Å². The Balaban J connectivity index is 2.35. The molecule has 1 amide bonds. The van der Waals surface area contributed by atoms with Crippen LogP contribution in [0.3, 0.4) is 0 Å². The molecule has 0 radical (unpaired) electrons. The maximum absolute atomic E-state index is 12.6. The van der Waals surface area contributed by atoms with Crippen molar-refractivity contribution in [3.8, 4) is 0 Å². The zero-order valence-electron chi connectivity index (χ0n) is 14.9. The van der Waals surface area contributed by atoms with Gasteiger partial charge in [-0.3, -0.25) is 4.79 Å². The largest absolute Gasteiger partial charge is 0.322 e. The molecule has 0 aliphatic heterocycles. The fourth-order valence-corrected chi connectivity index (χ4v) is 4.69. The molecular formula is C18H20BrClN2O3S.